The number of ketones is 1. The first kappa shape index (κ1) is 10.1. The third kappa shape index (κ3) is 2.03. The molecule has 0 bridgehead atoms. The number of nitrogens with zero attached hydrogens (tertiary/aromatic N) is 3. The summed E-state index contributed by atoms with van der Waals surface area (Å²) in [5.74, 6) is -0.359. The van der Waals surface area contributed by atoms with E-state index in [1.807, 2.05) is 0 Å². The molecule has 1 aromatic heterocycles. The number of carbonyl (C=O) groups is 1. The molecule has 0 aliphatic rings. The monoisotopic (exact) mass is 195 g/mol. The summed E-state index contributed by atoms with van der Waals surface area (Å²) in [5, 5.41) is 10.4. The van der Waals surface area contributed by atoms with Gasteiger partial charge in [-0.25, -0.2) is 4.57 Å². The molecule has 0 fully saturated rings. The molecule has 0 saturated carbocycles. The highest BCUT2D eigenvalue weighted by atomic mass is 16.6. The number of hydrogen-bond acceptors (Lipinski definition) is 4. The molecule has 0 spiro atoms. The van der Waals surface area contributed by atoms with Crippen molar-refractivity contribution in [2.75, 3.05) is 0 Å². The summed E-state index contributed by atoms with van der Waals surface area (Å²) >= 11 is 0. The first-order valence-corrected chi connectivity index (χ1v) is 3.87. The average molecular weight is 195 g/mol. The maximum Gasteiger partial charge on any atom is 0.434 e. The third-order valence-electron chi connectivity index (χ3n) is 1.65. The minimum atomic E-state index is -0.578. The van der Waals surface area contributed by atoms with Crippen LogP contribution in [0, 0.1) is 10.1 Å². The molecular formula is C8H9N3O3. The Hall–Kier alpha value is -1.98. The molecule has 0 amide bonds. The lowest BCUT2D eigenvalue weighted by Gasteiger charge is -1.94. The van der Waals surface area contributed by atoms with Crippen LogP contribution in [-0.2, 0) is 11.8 Å². The van der Waals surface area contributed by atoms with Crippen LogP contribution < -0.4 is 0 Å². The van der Waals surface area contributed by atoms with Crippen LogP contribution >= 0.6 is 0 Å². The van der Waals surface area contributed by atoms with E-state index in [0.29, 0.717) is 5.69 Å². The molecule has 1 heterocycles. The molecule has 1 aromatic rings. The van der Waals surface area contributed by atoms with Gasteiger partial charge in [0.1, 0.15) is 11.9 Å². The van der Waals surface area contributed by atoms with Crippen molar-refractivity contribution in [3.63, 3.8) is 0 Å². The molecule has 0 aliphatic heterocycles. The van der Waals surface area contributed by atoms with E-state index in [2.05, 4.69) is 4.98 Å². The van der Waals surface area contributed by atoms with Gasteiger partial charge in [0.25, 0.3) is 0 Å². The lowest BCUT2D eigenvalue weighted by atomic mass is 10.3. The number of hydrogen-bond donors (Lipinski definition) is 0. The Morgan fingerprint density at radius 3 is 2.79 bits per heavy atom. The summed E-state index contributed by atoms with van der Waals surface area (Å²) in [5.41, 5.74) is 0.520. The molecule has 0 unspecified atom stereocenters. The molecule has 1 rings (SSSR count). The molecule has 0 saturated heterocycles. The van der Waals surface area contributed by atoms with Crippen molar-refractivity contribution in [3.8, 4) is 0 Å². The highest BCUT2D eigenvalue weighted by Crippen LogP contribution is 2.11. The maximum absolute atomic E-state index is 10.6. The van der Waals surface area contributed by atoms with Gasteiger partial charge in [0.15, 0.2) is 5.78 Å². The summed E-state index contributed by atoms with van der Waals surface area (Å²) < 4.78 is 1.30. The SMILES string of the molecule is CC(=O)/C=C/c1cnc([N+](=O)[O-])n1C. The summed E-state index contributed by atoms with van der Waals surface area (Å²) in [6, 6.07) is 0. The van der Waals surface area contributed by atoms with E-state index in [9.17, 15) is 14.9 Å². The summed E-state index contributed by atoms with van der Waals surface area (Å²) in [6.07, 6.45) is 4.17. The van der Waals surface area contributed by atoms with E-state index < -0.39 is 4.92 Å². The average Bonchev–Trinajstić information content (AvgIpc) is 2.43. The molecule has 0 aliphatic carbocycles. The van der Waals surface area contributed by atoms with Crippen LogP contribution in [0.15, 0.2) is 12.3 Å². The van der Waals surface area contributed by atoms with Gasteiger partial charge >= 0.3 is 5.95 Å². The predicted molar refractivity (Wildman–Crippen MR) is 49.6 cm³/mol. The standard InChI is InChI=1S/C8H9N3O3/c1-6(12)3-4-7-5-9-8(10(7)2)11(13)14/h3-5H,1-2H3/b4-3+. The molecule has 14 heavy (non-hydrogen) atoms. The van der Waals surface area contributed by atoms with Crippen LogP contribution in [-0.4, -0.2) is 20.3 Å². The Labute approximate surface area is 80.0 Å². The van der Waals surface area contributed by atoms with Gasteiger partial charge in [0.05, 0.1) is 7.05 Å². The molecule has 0 N–H and O–H groups in total. The molecule has 0 atom stereocenters. The highest BCUT2D eigenvalue weighted by molar-refractivity contribution is 5.91. The van der Waals surface area contributed by atoms with Crippen molar-refractivity contribution in [3.05, 3.63) is 28.1 Å². The van der Waals surface area contributed by atoms with E-state index in [1.165, 1.54) is 36.9 Å². The van der Waals surface area contributed by atoms with E-state index >= 15 is 0 Å². The molecule has 6 heteroatoms. The summed E-state index contributed by atoms with van der Waals surface area (Å²) in [7, 11) is 1.52. The number of imidazole rings is 1. The predicted octanol–water partition coefficient (Wildman–Crippen LogP) is 0.930. The smallest absolute Gasteiger partial charge is 0.390 e. The normalized spacial score (nSPS) is 10.7. The van der Waals surface area contributed by atoms with Crippen LogP contribution in [0.4, 0.5) is 5.95 Å². The molecule has 0 aromatic carbocycles. The van der Waals surface area contributed by atoms with Crippen molar-refractivity contribution in [2.24, 2.45) is 7.05 Å². The lowest BCUT2D eigenvalue weighted by Crippen LogP contribution is -1.99. The van der Waals surface area contributed by atoms with Gasteiger partial charge in [-0.3, -0.25) is 4.79 Å². The van der Waals surface area contributed by atoms with Crippen molar-refractivity contribution < 1.29 is 9.72 Å². The van der Waals surface area contributed by atoms with Gasteiger partial charge in [0.2, 0.25) is 0 Å². The highest BCUT2D eigenvalue weighted by Gasteiger charge is 2.14. The Morgan fingerprint density at radius 1 is 1.71 bits per heavy atom. The zero-order chi connectivity index (χ0) is 10.7. The zero-order valence-electron chi connectivity index (χ0n) is 7.80. The molecule has 6 nitrogen and oxygen atoms in total. The van der Waals surface area contributed by atoms with Crippen LogP contribution in [0.3, 0.4) is 0 Å². The summed E-state index contributed by atoms with van der Waals surface area (Å²) in [4.78, 5) is 24.0. The number of carbonyl (C=O) groups excluding carboxylic acids is 1. The van der Waals surface area contributed by atoms with E-state index in [-0.39, 0.29) is 11.7 Å². The van der Waals surface area contributed by atoms with Crippen LogP contribution in [0.5, 0.6) is 0 Å². The van der Waals surface area contributed by atoms with Crippen molar-refractivity contribution in [1.29, 1.82) is 0 Å². The number of aromatic nitrogens is 2. The van der Waals surface area contributed by atoms with E-state index in [1.54, 1.807) is 0 Å². The Morgan fingerprint density at radius 2 is 2.36 bits per heavy atom. The van der Waals surface area contributed by atoms with Gasteiger partial charge < -0.3 is 10.1 Å². The maximum atomic E-state index is 10.6. The second-order valence-corrected chi connectivity index (χ2v) is 2.74. The first-order chi connectivity index (χ1) is 6.52. The minimum absolute atomic E-state index is 0.117. The minimum Gasteiger partial charge on any atom is -0.390 e. The van der Waals surface area contributed by atoms with Crippen LogP contribution in [0.2, 0.25) is 0 Å². The second kappa shape index (κ2) is 3.82. The molecular weight excluding hydrogens is 186 g/mol. The van der Waals surface area contributed by atoms with Crippen molar-refractivity contribution in [1.82, 2.24) is 9.55 Å². The first-order valence-electron chi connectivity index (χ1n) is 3.87. The number of nitro groups is 1. The fourth-order valence-electron chi connectivity index (χ4n) is 0.940. The number of rotatable bonds is 3. The summed E-state index contributed by atoms with van der Waals surface area (Å²) in [6.45, 7) is 1.40. The van der Waals surface area contributed by atoms with Gasteiger partial charge in [-0.2, -0.15) is 0 Å². The van der Waals surface area contributed by atoms with Gasteiger partial charge in [-0.1, -0.05) is 4.98 Å². The Balaban J connectivity index is 3.01. The van der Waals surface area contributed by atoms with Crippen molar-refractivity contribution >= 4 is 17.8 Å². The van der Waals surface area contributed by atoms with Gasteiger partial charge in [-0.15, -0.1) is 0 Å². The number of allylic oxidation sites excluding steroid dienone is 1. The Bertz CT molecular complexity index is 406. The quantitative estimate of drug-likeness (QED) is 0.408. The topological polar surface area (TPSA) is 78.0 Å². The van der Waals surface area contributed by atoms with E-state index in [4.69, 9.17) is 0 Å². The van der Waals surface area contributed by atoms with Crippen molar-refractivity contribution in [2.45, 2.75) is 6.92 Å². The zero-order valence-corrected chi connectivity index (χ0v) is 7.80. The van der Waals surface area contributed by atoms with Crippen LogP contribution in [0.1, 0.15) is 12.6 Å². The third-order valence-corrected chi connectivity index (χ3v) is 1.65. The molecule has 0 radical (unpaired) electrons. The fourth-order valence-corrected chi connectivity index (χ4v) is 0.940. The molecule has 74 valence electrons. The lowest BCUT2D eigenvalue weighted by molar-refractivity contribution is -0.396. The van der Waals surface area contributed by atoms with Gasteiger partial charge in [0, 0.05) is 0 Å². The Kier molecular flexibility index (Phi) is 2.76. The van der Waals surface area contributed by atoms with Crippen LogP contribution in [0.25, 0.3) is 6.08 Å². The largest absolute Gasteiger partial charge is 0.434 e. The fraction of sp³-hybridized carbons (Fsp3) is 0.250. The second-order valence-electron chi connectivity index (χ2n) is 2.74. The van der Waals surface area contributed by atoms with Gasteiger partial charge in [-0.05, 0) is 24.0 Å². The van der Waals surface area contributed by atoms with E-state index in [0.717, 1.165) is 0 Å².